The van der Waals surface area contributed by atoms with E-state index in [9.17, 15) is 0 Å². The van der Waals surface area contributed by atoms with Crippen LogP contribution in [0.2, 0.25) is 12.1 Å². The molecule has 0 amide bonds. The Morgan fingerprint density at radius 2 is 0.706 bits per heavy atom. The molecule has 0 N–H and O–H groups in total. The van der Waals surface area contributed by atoms with Crippen molar-refractivity contribution in [3.8, 4) is 22.3 Å². The van der Waals surface area contributed by atoms with Crippen LogP contribution in [0.1, 0.15) is 88.2 Å². The third-order valence-electron chi connectivity index (χ3n) is 11.4. The zero-order valence-electron chi connectivity index (χ0n) is 39.3. The molecule has 0 aliphatic rings. The van der Waals surface area contributed by atoms with Crippen LogP contribution in [0.5, 0.6) is 0 Å². The Morgan fingerprint density at radius 3 is 1.06 bits per heavy atom. The average Bonchev–Trinajstić information content (AvgIpc) is 3.90. The number of unbranched alkanes of at least 4 members (excludes halogenated alkanes) is 10. The summed E-state index contributed by atoms with van der Waals surface area (Å²) in [5, 5.41) is 10.6. The quantitative estimate of drug-likeness (QED) is 0.0391. The van der Waals surface area contributed by atoms with E-state index in [1.807, 2.05) is 0 Å². The summed E-state index contributed by atoms with van der Waals surface area (Å²) in [5.41, 5.74) is 7.94. The van der Waals surface area contributed by atoms with Crippen molar-refractivity contribution in [1.29, 1.82) is 0 Å². The van der Waals surface area contributed by atoms with E-state index in [0.717, 1.165) is 37.8 Å². The van der Waals surface area contributed by atoms with Crippen molar-refractivity contribution in [2.24, 2.45) is 0 Å². The second-order valence-electron chi connectivity index (χ2n) is 16.7. The molecule has 0 spiro atoms. The number of fused-ring (bicyclic) bond motifs is 4. The van der Waals surface area contributed by atoms with Crippen molar-refractivity contribution in [2.75, 3.05) is 0 Å². The summed E-state index contributed by atoms with van der Waals surface area (Å²) in [6, 6.07) is 49.5. The Bertz CT molecular complexity index is 2460. The SMILES string of the molecule is Cc1cc2c(-c3cccc4ccccc34)cccc2[cH-]1.Cc1cc2c(-c3cccc4ccccc34)cccc2[cH-]1.Cl.Cl.[CH2-]CCCCCCC[Si](Cl)(Cl)Cl.[CH2-]CCCCCCC[Si](Cl)(Cl)Cl.[Si]=[Zr]. The van der Waals surface area contributed by atoms with E-state index in [0.29, 0.717) is 0 Å². The van der Waals surface area contributed by atoms with Crippen LogP contribution in [0.4, 0.5) is 0 Å². The molecule has 68 heavy (non-hydrogen) atoms. The van der Waals surface area contributed by atoms with Gasteiger partial charge >= 0.3 is 42.2 Å². The molecule has 0 aliphatic carbocycles. The first-order valence-corrected chi connectivity index (χ1v) is 37.7. The van der Waals surface area contributed by atoms with Crippen molar-refractivity contribution in [3.63, 3.8) is 0 Å². The van der Waals surface area contributed by atoms with Gasteiger partial charge in [-0.15, -0.1) is 160 Å². The third kappa shape index (κ3) is 21.6. The normalized spacial score (nSPS) is 10.9. The molecule has 0 aromatic heterocycles. The Morgan fingerprint density at radius 1 is 0.412 bits per heavy atom. The van der Waals surface area contributed by atoms with Crippen LogP contribution in [-0.4, -0.2) is 18.9 Å². The van der Waals surface area contributed by atoms with Crippen LogP contribution < -0.4 is 0 Å². The zero-order valence-corrected chi connectivity index (χ0v) is 50.9. The van der Waals surface area contributed by atoms with Crippen molar-refractivity contribution in [1.82, 2.24) is 0 Å². The summed E-state index contributed by atoms with van der Waals surface area (Å²) in [7, 11) is 0. The second-order valence-corrected chi connectivity index (χ2v) is 35.3. The van der Waals surface area contributed by atoms with Gasteiger partial charge in [-0.1, -0.05) is 186 Å². The predicted octanol–water partition coefficient (Wildman–Crippen LogP) is 21.5. The molecule has 2 radical (unpaired) electrons. The maximum absolute atomic E-state index is 5.73. The van der Waals surface area contributed by atoms with Gasteiger partial charge in [0, 0.05) is 0 Å². The van der Waals surface area contributed by atoms with E-state index in [4.69, 9.17) is 66.5 Å². The van der Waals surface area contributed by atoms with Crippen molar-refractivity contribution in [2.45, 2.75) is 103 Å². The average molecular weight is 1200 g/mol. The summed E-state index contributed by atoms with van der Waals surface area (Å²) < 4.78 is 0. The van der Waals surface area contributed by atoms with Crippen LogP contribution in [-0.2, 0) is 23.3 Å². The Labute approximate surface area is 467 Å². The predicted molar refractivity (Wildman–Crippen MR) is 317 cm³/mol. The van der Waals surface area contributed by atoms with E-state index in [2.05, 4.69) is 180 Å². The monoisotopic (exact) mass is 1190 g/mol. The van der Waals surface area contributed by atoms with E-state index < -0.39 is 12.0 Å². The summed E-state index contributed by atoms with van der Waals surface area (Å²) in [4.78, 5) is 0. The molecule has 8 aromatic carbocycles. The van der Waals surface area contributed by atoms with E-state index >= 15 is 0 Å². The molecule has 0 unspecified atom stereocenters. The molecule has 0 bridgehead atoms. The molecule has 0 saturated carbocycles. The van der Waals surface area contributed by atoms with Gasteiger partial charge in [0.2, 0.25) is 0 Å². The molecular weight excluding hydrogens is 1130 g/mol. The topological polar surface area (TPSA) is 0 Å². The molecule has 0 heterocycles. The molecular formula is C56H64Cl8Si3Zr-4. The number of benzene rings is 6. The van der Waals surface area contributed by atoms with Gasteiger partial charge in [-0.3, -0.25) is 0 Å². The number of hydrogen-bond donors (Lipinski definition) is 0. The van der Waals surface area contributed by atoms with Crippen LogP contribution in [0, 0.1) is 27.7 Å². The van der Waals surface area contributed by atoms with Gasteiger partial charge in [-0.2, -0.15) is 25.0 Å². The van der Waals surface area contributed by atoms with Crippen molar-refractivity contribution in [3.05, 3.63) is 171 Å². The fourth-order valence-electron chi connectivity index (χ4n) is 8.22. The molecule has 12 heteroatoms. The summed E-state index contributed by atoms with van der Waals surface area (Å²) in [5.74, 6) is 0. The molecule has 0 saturated heterocycles. The van der Waals surface area contributed by atoms with Gasteiger partial charge in [-0.05, 0) is 44.8 Å². The zero-order chi connectivity index (χ0) is 48.0. The fraction of sp³-hybridized carbons (Fsp3) is 0.286. The molecule has 0 atom stereocenters. The summed E-state index contributed by atoms with van der Waals surface area (Å²) in [6.07, 6.45) is 14.1. The molecule has 8 aromatic rings. The van der Waals surface area contributed by atoms with Gasteiger partial charge in [0.1, 0.15) is 0 Å². The molecule has 364 valence electrons. The number of halogens is 8. The van der Waals surface area contributed by atoms with Crippen LogP contribution in [0.15, 0.2) is 146 Å². The van der Waals surface area contributed by atoms with Crippen LogP contribution >= 0.6 is 91.3 Å². The van der Waals surface area contributed by atoms with Gasteiger partial charge in [0.15, 0.2) is 0 Å². The van der Waals surface area contributed by atoms with Crippen LogP contribution in [0.25, 0.3) is 65.3 Å². The van der Waals surface area contributed by atoms with E-state index in [1.165, 1.54) is 151 Å². The maximum atomic E-state index is 5.73. The van der Waals surface area contributed by atoms with Crippen LogP contribution in [0.3, 0.4) is 0 Å². The van der Waals surface area contributed by atoms with Gasteiger partial charge in [0.25, 0.3) is 0 Å². The minimum atomic E-state index is -2.32. The van der Waals surface area contributed by atoms with E-state index in [1.54, 1.807) is 0 Å². The fourth-order valence-corrected chi connectivity index (χ4v) is 11.9. The minimum absolute atomic E-state index is 0. The first-order valence-electron chi connectivity index (χ1n) is 23.0. The molecule has 8 rings (SSSR count). The number of hydrogen-bond acceptors (Lipinski definition) is 0. The molecule has 0 fully saturated rings. The summed E-state index contributed by atoms with van der Waals surface area (Å²) in [6.45, 7) is 15.0. The van der Waals surface area contributed by atoms with Crippen molar-refractivity contribution < 1.29 is 23.3 Å². The molecule has 0 aliphatic heterocycles. The number of rotatable bonds is 16. The summed E-state index contributed by atoms with van der Waals surface area (Å²) >= 11 is 35.8. The van der Waals surface area contributed by atoms with Gasteiger partial charge in [0.05, 0.1) is 0 Å². The Balaban J connectivity index is 0.000000314. The standard InChI is InChI=1S/2C20H15.2C8H16Cl3Si.2ClH.Si.Zr/c2*1-14-12-16-8-5-11-19(20(16)13-14)18-10-4-7-15-6-2-3-9-17(15)18;2*1-2-3-4-5-6-7-8-12(9,10)11;;;;/h2*2-13H,1H3;2*1-8H2;2*1H;;/q4*-1;;;;. The third-order valence-corrected chi connectivity index (χ3v) is 16.6. The van der Waals surface area contributed by atoms with E-state index in [-0.39, 0.29) is 24.8 Å². The first-order chi connectivity index (χ1) is 31.8. The van der Waals surface area contributed by atoms with Gasteiger partial charge in [-0.25, -0.2) is 0 Å². The Hall–Kier alpha value is -1.09. The Kier molecular flexibility index (Phi) is 31.1. The molecule has 0 nitrogen and oxygen atoms in total. The van der Waals surface area contributed by atoms with Gasteiger partial charge < -0.3 is 13.8 Å². The number of aryl methyl sites for hydroxylation is 2. The first kappa shape index (κ1) is 63.0. The van der Waals surface area contributed by atoms with Crippen molar-refractivity contribution >= 4 is 153 Å². The second kappa shape index (κ2) is 33.6.